The summed E-state index contributed by atoms with van der Waals surface area (Å²) in [7, 11) is 0. The lowest BCUT2D eigenvalue weighted by Crippen LogP contribution is -2.55. The van der Waals surface area contributed by atoms with E-state index in [1.807, 2.05) is 0 Å². The van der Waals surface area contributed by atoms with Crippen molar-refractivity contribution in [2.45, 2.75) is 45.2 Å². The van der Waals surface area contributed by atoms with Crippen molar-refractivity contribution in [1.29, 1.82) is 0 Å². The van der Waals surface area contributed by atoms with Gasteiger partial charge in [-0.1, -0.05) is 20.8 Å². The van der Waals surface area contributed by atoms with Gasteiger partial charge < -0.3 is 4.90 Å². The minimum Gasteiger partial charge on any atom is -0.304 e. The first-order chi connectivity index (χ1) is 8.79. The monoisotopic (exact) mass is 321 g/mol. The molecule has 124 valence electrons. The van der Waals surface area contributed by atoms with Crippen LogP contribution in [-0.4, -0.2) is 49.0 Å². The zero-order chi connectivity index (χ0) is 16.8. The van der Waals surface area contributed by atoms with Gasteiger partial charge in [0.15, 0.2) is 0 Å². The van der Waals surface area contributed by atoms with Gasteiger partial charge in [0.1, 0.15) is 0 Å². The van der Waals surface area contributed by atoms with Crippen molar-refractivity contribution in [1.82, 2.24) is 4.90 Å². The molecule has 0 aromatic carbocycles. The van der Waals surface area contributed by atoms with Crippen molar-refractivity contribution in [2.75, 3.05) is 19.6 Å². The number of hydrogen-bond acceptors (Lipinski definition) is 1. The molecule has 1 nitrogen and oxygen atoms in total. The zero-order valence-corrected chi connectivity index (χ0v) is 11.0. The molecule has 0 spiro atoms. The Morgan fingerprint density at radius 3 is 1.10 bits per heavy atom. The molecule has 0 unspecified atom stereocenters. The third-order valence-corrected chi connectivity index (χ3v) is 2.39. The fraction of sp³-hybridized carbons (Fsp3) is 1.00. The van der Waals surface area contributed by atoms with Crippen LogP contribution in [0.3, 0.4) is 0 Å². The second-order valence-corrected chi connectivity index (χ2v) is 3.62. The SMILES string of the molecule is CCN(CC)CC.FC(F)C(F)(F)C(F)(F)C(F)(F)F. The summed E-state index contributed by atoms with van der Waals surface area (Å²) in [5, 5.41) is 0. The van der Waals surface area contributed by atoms with Gasteiger partial charge in [0.05, 0.1) is 0 Å². The summed E-state index contributed by atoms with van der Waals surface area (Å²) < 4.78 is 102. The number of nitrogens with zero attached hydrogens (tertiary/aromatic N) is 1. The van der Waals surface area contributed by atoms with Gasteiger partial charge in [0, 0.05) is 0 Å². The van der Waals surface area contributed by atoms with Gasteiger partial charge in [-0.05, 0) is 19.6 Å². The zero-order valence-electron chi connectivity index (χ0n) is 11.0. The summed E-state index contributed by atoms with van der Waals surface area (Å²) in [5.74, 6) is -13.1. The number of rotatable bonds is 5. The van der Waals surface area contributed by atoms with Crippen LogP contribution in [0.2, 0.25) is 0 Å². The maximum absolute atomic E-state index is 11.6. The lowest BCUT2D eigenvalue weighted by atomic mass is 10.2. The second-order valence-electron chi connectivity index (χ2n) is 3.62. The van der Waals surface area contributed by atoms with Crippen molar-refractivity contribution in [2.24, 2.45) is 0 Å². The van der Waals surface area contributed by atoms with Crippen LogP contribution in [0.1, 0.15) is 20.8 Å². The van der Waals surface area contributed by atoms with Crippen LogP contribution in [0, 0.1) is 0 Å². The van der Waals surface area contributed by atoms with Gasteiger partial charge in [-0.25, -0.2) is 8.78 Å². The molecule has 0 radical (unpaired) electrons. The highest BCUT2D eigenvalue weighted by Gasteiger charge is 2.76. The predicted molar refractivity (Wildman–Crippen MR) is 55.4 cm³/mol. The Kier molecular flexibility index (Phi) is 8.59. The average Bonchev–Trinajstić information content (AvgIpc) is 2.30. The molecule has 0 fully saturated rings. The van der Waals surface area contributed by atoms with E-state index in [2.05, 4.69) is 25.7 Å². The first kappa shape index (κ1) is 21.6. The van der Waals surface area contributed by atoms with E-state index in [0.717, 1.165) is 0 Å². The van der Waals surface area contributed by atoms with Crippen molar-refractivity contribution in [3.63, 3.8) is 0 Å². The van der Waals surface area contributed by atoms with Gasteiger partial charge >= 0.3 is 24.4 Å². The summed E-state index contributed by atoms with van der Waals surface area (Å²) in [6.45, 7) is 10.1. The molecule has 0 aliphatic rings. The predicted octanol–water partition coefficient (Wildman–Crippen LogP) is 4.43. The minimum absolute atomic E-state index is 1.19. The van der Waals surface area contributed by atoms with Crippen LogP contribution in [0.25, 0.3) is 0 Å². The molecule has 0 atom stereocenters. The maximum Gasteiger partial charge on any atom is 0.460 e. The third-order valence-electron chi connectivity index (χ3n) is 2.39. The fourth-order valence-corrected chi connectivity index (χ4v) is 0.997. The third kappa shape index (κ3) is 5.37. The Morgan fingerprint density at radius 1 is 0.750 bits per heavy atom. The molecule has 0 aromatic rings. The standard InChI is InChI=1S/C6H15N.C4HF9/c1-4-7(5-2)6-3;5-1(6)2(7,8)3(9,10)4(11,12)13/h4-6H2,1-3H3;1H. The van der Waals surface area contributed by atoms with E-state index in [0.29, 0.717) is 0 Å². The van der Waals surface area contributed by atoms with E-state index < -0.39 is 24.4 Å². The van der Waals surface area contributed by atoms with E-state index in [1.54, 1.807) is 0 Å². The molecule has 0 amide bonds. The lowest BCUT2D eigenvalue weighted by Gasteiger charge is -2.27. The summed E-state index contributed by atoms with van der Waals surface area (Å²) in [4.78, 5) is 2.38. The number of hydrogen-bond donors (Lipinski definition) is 0. The Labute approximate surface area is 110 Å². The largest absolute Gasteiger partial charge is 0.460 e. The molecule has 0 saturated carbocycles. The average molecular weight is 321 g/mol. The van der Waals surface area contributed by atoms with Crippen LogP contribution in [-0.2, 0) is 0 Å². The molecular formula is C10H16F9N. The molecule has 0 N–H and O–H groups in total. The Balaban J connectivity index is 0. The first-order valence-corrected chi connectivity index (χ1v) is 5.62. The molecular weight excluding hydrogens is 305 g/mol. The van der Waals surface area contributed by atoms with Crippen LogP contribution in [0.15, 0.2) is 0 Å². The smallest absolute Gasteiger partial charge is 0.304 e. The highest BCUT2D eigenvalue weighted by Crippen LogP contribution is 2.48. The second kappa shape index (κ2) is 7.94. The van der Waals surface area contributed by atoms with Crippen molar-refractivity contribution < 1.29 is 39.5 Å². The van der Waals surface area contributed by atoms with Crippen LogP contribution >= 0.6 is 0 Å². The van der Waals surface area contributed by atoms with E-state index >= 15 is 0 Å². The molecule has 0 aliphatic carbocycles. The van der Waals surface area contributed by atoms with Crippen LogP contribution in [0.4, 0.5) is 39.5 Å². The summed E-state index contributed by atoms with van der Waals surface area (Å²) in [6, 6.07) is 0. The molecule has 0 saturated heterocycles. The van der Waals surface area contributed by atoms with Gasteiger partial charge in [-0.3, -0.25) is 0 Å². The van der Waals surface area contributed by atoms with Crippen molar-refractivity contribution in [3.05, 3.63) is 0 Å². The molecule has 0 rings (SSSR count). The molecule has 0 heterocycles. The van der Waals surface area contributed by atoms with Gasteiger partial charge in [0.25, 0.3) is 0 Å². The molecule has 0 aliphatic heterocycles. The van der Waals surface area contributed by atoms with Gasteiger partial charge in [0.2, 0.25) is 0 Å². The van der Waals surface area contributed by atoms with Crippen LogP contribution < -0.4 is 0 Å². The Bertz CT molecular complexity index is 252. The molecule has 0 bridgehead atoms. The van der Waals surface area contributed by atoms with Gasteiger partial charge in [-0.15, -0.1) is 0 Å². The quantitative estimate of drug-likeness (QED) is 0.677. The highest BCUT2D eigenvalue weighted by atomic mass is 19.4. The number of halogens is 9. The fourth-order valence-electron chi connectivity index (χ4n) is 0.997. The van der Waals surface area contributed by atoms with Crippen molar-refractivity contribution >= 4 is 0 Å². The molecule has 0 aromatic heterocycles. The normalized spacial score (nSPS) is 13.5. The Hall–Kier alpha value is -0.670. The first-order valence-electron chi connectivity index (χ1n) is 5.62. The molecule has 20 heavy (non-hydrogen) atoms. The summed E-state index contributed by atoms with van der Waals surface area (Å²) in [6.07, 6.45) is -11.8. The minimum atomic E-state index is -6.73. The Morgan fingerprint density at radius 2 is 1.05 bits per heavy atom. The maximum atomic E-state index is 11.6. The highest BCUT2D eigenvalue weighted by molar-refractivity contribution is 4.92. The van der Waals surface area contributed by atoms with Crippen LogP contribution in [0.5, 0.6) is 0 Å². The topological polar surface area (TPSA) is 3.24 Å². The van der Waals surface area contributed by atoms with Crippen molar-refractivity contribution in [3.8, 4) is 0 Å². The summed E-state index contributed by atoms with van der Waals surface area (Å²) in [5.41, 5.74) is 0. The van der Waals surface area contributed by atoms with E-state index in [9.17, 15) is 39.5 Å². The van der Waals surface area contributed by atoms with E-state index in [-0.39, 0.29) is 0 Å². The molecule has 10 heteroatoms. The number of alkyl halides is 9. The van der Waals surface area contributed by atoms with E-state index in [4.69, 9.17) is 0 Å². The summed E-state index contributed by atoms with van der Waals surface area (Å²) >= 11 is 0. The van der Waals surface area contributed by atoms with E-state index in [1.165, 1.54) is 19.6 Å². The van der Waals surface area contributed by atoms with Gasteiger partial charge in [-0.2, -0.15) is 30.7 Å². The lowest BCUT2D eigenvalue weighted by molar-refractivity contribution is -0.375.